The van der Waals surface area contributed by atoms with E-state index in [1.165, 1.54) is 22.6 Å². The predicted octanol–water partition coefficient (Wildman–Crippen LogP) is 3.01. The average molecular weight is 378 g/mol. The van der Waals surface area contributed by atoms with Crippen LogP contribution in [-0.2, 0) is 29.3 Å². The third kappa shape index (κ3) is 3.38. The van der Waals surface area contributed by atoms with Gasteiger partial charge in [0, 0.05) is 10.9 Å². The average Bonchev–Trinajstić information content (AvgIpc) is 3.15. The second-order valence-corrected chi connectivity index (χ2v) is 9.69. The SMILES string of the molecule is CC(NC1CCCc2ccc(S(N)(=O)=O)cc21)c1nc2c(s1)CCC2. The maximum Gasteiger partial charge on any atom is 0.238 e. The lowest BCUT2D eigenvalue weighted by molar-refractivity contribution is 0.413. The van der Waals surface area contributed by atoms with Gasteiger partial charge in [0.25, 0.3) is 0 Å². The Morgan fingerprint density at radius 2 is 2.12 bits per heavy atom. The second kappa shape index (κ2) is 6.46. The van der Waals surface area contributed by atoms with Crippen LogP contribution in [0.4, 0.5) is 0 Å². The zero-order valence-corrected chi connectivity index (χ0v) is 15.9. The van der Waals surface area contributed by atoms with Crippen LogP contribution >= 0.6 is 11.3 Å². The van der Waals surface area contributed by atoms with Gasteiger partial charge < -0.3 is 5.32 Å². The van der Waals surface area contributed by atoms with E-state index in [0.29, 0.717) is 0 Å². The number of aromatic nitrogens is 1. The number of thiazole rings is 1. The topological polar surface area (TPSA) is 85.1 Å². The van der Waals surface area contributed by atoms with Crippen LogP contribution < -0.4 is 10.5 Å². The van der Waals surface area contributed by atoms with Gasteiger partial charge in [-0.15, -0.1) is 11.3 Å². The van der Waals surface area contributed by atoms with Crippen molar-refractivity contribution in [2.24, 2.45) is 5.14 Å². The quantitative estimate of drug-likeness (QED) is 0.858. The van der Waals surface area contributed by atoms with E-state index in [2.05, 4.69) is 12.2 Å². The van der Waals surface area contributed by atoms with E-state index < -0.39 is 10.0 Å². The minimum Gasteiger partial charge on any atom is -0.301 e. The largest absolute Gasteiger partial charge is 0.301 e. The molecule has 134 valence electrons. The highest BCUT2D eigenvalue weighted by molar-refractivity contribution is 7.89. The highest BCUT2D eigenvalue weighted by atomic mass is 32.2. The maximum absolute atomic E-state index is 11.7. The Labute approximate surface area is 152 Å². The predicted molar refractivity (Wildman–Crippen MR) is 99.2 cm³/mol. The number of fused-ring (bicyclic) bond motifs is 2. The first-order chi connectivity index (χ1) is 11.9. The zero-order valence-electron chi connectivity index (χ0n) is 14.3. The van der Waals surface area contributed by atoms with Gasteiger partial charge in [0.05, 0.1) is 16.6 Å². The molecule has 2 aliphatic rings. The molecule has 1 aromatic heterocycles. The Morgan fingerprint density at radius 3 is 2.88 bits per heavy atom. The van der Waals surface area contributed by atoms with Gasteiger partial charge in [-0.1, -0.05) is 6.07 Å². The Balaban J connectivity index is 1.59. The van der Waals surface area contributed by atoms with Gasteiger partial charge in [0.2, 0.25) is 10.0 Å². The number of nitrogens with two attached hydrogens (primary N) is 1. The third-order valence-corrected chi connectivity index (χ3v) is 7.45. The number of hydrogen-bond acceptors (Lipinski definition) is 5. The van der Waals surface area contributed by atoms with E-state index in [0.717, 1.165) is 42.7 Å². The Bertz CT molecular complexity index is 884. The van der Waals surface area contributed by atoms with Crippen molar-refractivity contribution in [3.63, 3.8) is 0 Å². The van der Waals surface area contributed by atoms with Crippen molar-refractivity contribution >= 4 is 21.4 Å². The van der Waals surface area contributed by atoms with Gasteiger partial charge in [-0.25, -0.2) is 18.5 Å². The van der Waals surface area contributed by atoms with E-state index in [-0.39, 0.29) is 17.0 Å². The summed E-state index contributed by atoms with van der Waals surface area (Å²) in [5.41, 5.74) is 3.55. The molecule has 0 fully saturated rings. The molecule has 2 aromatic rings. The summed E-state index contributed by atoms with van der Waals surface area (Å²) in [5.74, 6) is 0. The highest BCUT2D eigenvalue weighted by Crippen LogP contribution is 2.35. The molecular weight excluding hydrogens is 354 g/mol. The van der Waals surface area contributed by atoms with E-state index in [1.807, 2.05) is 17.4 Å². The van der Waals surface area contributed by atoms with Crippen LogP contribution in [0.5, 0.6) is 0 Å². The summed E-state index contributed by atoms with van der Waals surface area (Å²) < 4.78 is 23.4. The summed E-state index contributed by atoms with van der Waals surface area (Å²) in [4.78, 5) is 6.44. The third-order valence-electron chi connectivity index (χ3n) is 5.19. The first-order valence-electron chi connectivity index (χ1n) is 8.82. The number of nitrogens with zero attached hydrogens (tertiary/aromatic N) is 1. The highest BCUT2D eigenvalue weighted by Gasteiger charge is 2.26. The van der Waals surface area contributed by atoms with Gasteiger partial charge >= 0.3 is 0 Å². The normalized spacial score (nSPS) is 21.0. The number of hydrogen-bond donors (Lipinski definition) is 2. The number of aryl methyl sites for hydroxylation is 3. The monoisotopic (exact) mass is 377 g/mol. The maximum atomic E-state index is 11.7. The van der Waals surface area contributed by atoms with Crippen LogP contribution in [-0.4, -0.2) is 13.4 Å². The molecule has 5 nitrogen and oxygen atoms in total. The van der Waals surface area contributed by atoms with Gasteiger partial charge in [-0.05, 0) is 68.7 Å². The zero-order chi connectivity index (χ0) is 17.6. The molecule has 0 bridgehead atoms. The Morgan fingerprint density at radius 1 is 1.28 bits per heavy atom. The number of nitrogens with one attached hydrogen (secondary N) is 1. The summed E-state index contributed by atoms with van der Waals surface area (Å²) in [7, 11) is -3.68. The first kappa shape index (κ1) is 17.1. The lowest BCUT2D eigenvalue weighted by atomic mass is 9.87. The van der Waals surface area contributed by atoms with Crippen LogP contribution in [0, 0.1) is 0 Å². The molecule has 0 radical (unpaired) electrons. The lowest BCUT2D eigenvalue weighted by Crippen LogP contribution is -2.28. The molecule has 1 heterocycles. The molecule has 25 heavy (non-hydrogen) atoms. The summed E-state index contributed by atoms with van der Waals surface area (Å²) in [6, 6.07) is 5.57. The van der Waals surface area contributed by atoms with Crippen LogP contribution in [0.15, 0.2) is 23.1 Å². The summed E-state index contributed by atoms with van der Waals surface area (Å²) in [6.45, 7) is 2.14. The van der Waals surface area contributed by atoms with Gasteiger partial charge in [-0.2, -0.15) is 0 Å². The van der Waals surface area contributed by atoms with Crippen molar-refractivity contribution in [2.75, 3.05) is 0 Å². The molecule has 7 heteroatoms. The van der Waals surface area contributed by atoms with E-state index >= 15 is 0 Å². The molecule has 2 atom stereocenters. The Kier molecular flexibility index (Phi) is 4.43. The molecule has 2 aliphatic carbocycles. The van der Waals surface area contributed by atoms with E-state index in [9.17, 15) is 8.42 Å². The summed E-state index contributed by atoms with van der Waals surface area (Å²) in [5, 5.41) is 10.1. The smallest absolute Gasteiger partial charge is 0.238 e. The van der Waals surface area contributed by atoms with Crippen molar-refractivity contribution in [1.82, 2.24) is 10.3 Å². The van der Waals surface area contributed by atoms with Crippen molar-refractivity contribution in [3.05, 3.63) is 44.9 Å². The summed E-state index contributed by atoms with van der Waals surface area (Å²) >= 11 is 1.82. The first-order valence-corrected chi connectivity index (χ1v) is 11.2. The van der Waals surface area contributed by atoms with Crippen molar-refractivity contribution in [2.45, 2.75) is 62.4 Å². The molecule has 0 amide bonds. The standard InChI is InChI=1S/C18H23N3O2S2/c1-11(18-21-16-6-3-7-17(16)24-18)20-15-5-2-4-12-8-9-13(10-14(12)15)25(19,22)23/h8-11,15,20H,2-7H2,1H3,(H2,19,22,23). The molecular formula is C18H23N3O2S2. The van der Waals surface area contributed by atoms with E-state index in [4.69, 9.17) is 10.1 Å². The molecule has 0 saturated carbocycles. The van der Waals surface area contributed by atoms with Crippen molar-refractivity contribution < 1.29 is 8.42 Å². The molecule has 0 aliphatic heterocycles. The molecule has 2 unspecified atom stereocenters. The fourth-order valence-electron chi connectivity index (χ4n) is 3.90. The Hall–Kier alpha value is -1.28. The van der Waals surface area contributed by atoms with Gasteiger partial charge in [0.15, 0.2) is 0 Å². The number of benzene rings is 1. The minimum atomic E-state index is -3.68. The fourth-order valence-corrected chi connectivity index (χ4v) is 5.61. The number of sulfonamides is 1. The van der Waals surface area contributed by atoms with Crippen LogP contribution in [0.1, 0.15) is 65.0 Å². The second-order valence-electron chi connectivity index (χ2n) is 7.01. The fraction of sp³-hybridized carbons (Fsp3) is 0.500. The van der Waals surface area contributed by atoms with Gasteiger partial charge in [0.1, 0.15) is 5.01 Å². The summed E-state index contributed by atoms with van der Waals surface area (Å²) in [6.07, 6.45) is 6.56. The number of rotatable bonds is 4. The van der Waals surface area contributed by atoms with Crippen LogP contribution in [0.2, 0.25) is 0 Å². The van der Waals surface area contributed by atoms with Crippen molar-refractivity contribution in [1.29, 1.82) is 0 Å². The van der Waals surface area contributed by atoms with Crippen LogP contribution in [0.25, 0.3) is 0 Å². The molecule has 3 N–H and O–H groups in total. The molecule has 0 spiro atoms. The van der Waals surface area contributed by atoms with Crippen molar-refractivity contribution in [3.8, 4) is 0 Å². The molecule has 4 rings (SSSR count). The van der Waals surface area contributed by atoms with Gasteiger partial charge in [-0.3, -0.25) is 0 Å². The molecule has 1 aromatic carbocycles. The van der Waals surface area contributed by atoms with Crippen LogP contribution in [0.3, 0.4) is 0 Å². The molecule has 0 saturated heterocycles. The minimum absolute atomic E-state index is 0.138. The lowest BCUT2D eigenvalue weighted by Gasteiger charge is -2.29. The van der Waals surface area contributed by atoms with E-state index in [1.54, 1.807) is 12.1 Å². The number of primary sulfonamides is 1.